The molecule has 1 aliphatic heterocycles. The number of unbranched alkanes of at least 4 members (excludes halogenated alkanes) is 1. The summed E-state index contributed by atoms with van der Waals surface area (Å²) in [5.41, 5.74) is 16.4. The molecule has 7 aromatic rings. The summed E-state index contributed by atoms with van der Waals surface area (Å²) < 4.78 is 2.20. The number of carbonyl (C=O) groups excluding carboxylic acids is 2. The molecule has 0 saturated carbocycles. The Labute approximate surface area is 504 Å². The molecule has 0 aromatic heterocycles. The zero-order valence-electron chi connectivity index (χ0n) is 51.1. The molecule has 0 unspecified atom stereocenters. The lowest BCUT2D eigenvalue weighted by Crippen LogP contribution is -2.49. The number of hydrogen-bond acceptors (Lipinski definition) is 9. The maximum atomic E-state index is 12.8. The number of ketones is 1. The van der Waals surface area contributed by atoms with E-state index in [1.54, 1.807) is 26.0 Å². The van der Waals surface area contributed by atoms with Crippen LogP contribution in [0, 0.1) is 6.92 Å². The van der Waals surface area contributed by atoms with Crippen LogP contribution in [0.3, 0.4) is 0 Å². The average Bonchev–Trinajstić information content (AvgIpc) is 3.10. The van der Waals surface area contributed by atoms with Crippen molar-refractivity contribution < 1.29 is 34.3 Å². The zero-order chi connectivity index (χ0) is 60.9. The van der Waals surface area contributed by atoms with Gasteiger partial charge in [0, 0.05) is 83.2 Å². The number of hydrogen-bond donors (Lipinski definition) is 5. The topological polar surface area (TPSA) is 140 Å². The van der Waals surface area contributed by atoms with Gasteiger partial charge in [-0.3, -0.25) is 19.4 Å². The molecule has 11 nitrogen and oxygen atoms in total. The number of fused-ring (bicyclic) bond motifs is 4. The third kappa shape index (κ3) is 13.6. The van der Waals surface area contributed by atoms with Crippen LogP contribution in [-0.4, -0.2) is 122 Å². The van der Waals surface area contributed by atoms with Gasteiger partial charge in [0.15, 0.2) is 11.5 Å². The molecule has 0 bridgehead atoms. The van der Waals surface area contributed by atoms with Crippen LogP contribution < -0.4 is 26.3 Å². The van der Waals surface area contributed by atoms with Crippen molar-refractivity contribution in [3.8, 4) is 11.1 Å². The van der Waals surface area contributed by atoms with Crippen molar-refractivity contribution in [2.24, 2.45) is 0 Å². The predicted octanol–water partition coefficient (Wildman–Crippen LogP) is 9.28. The number of carbonyl (C=O) groups is 2. The van der Waals surface area contributed by atoms with Gasteiger partial charge >= 0.3 is 14.2 Å². The summed E-state index contributed by atoms with van der Waals surface area (Å²) in [6.45, 7) is 21.9. The highest BCUT2D eigenvalue weighted by molar-refractivity contribution is 6.98. The van der Waals surface area contributed by atoms with Crippen molar-refractivity contribution in [2.75, 3.05) is 52.7 Å². The van der Waals surface area contributed by atoms with E-state index < -0.39 is 22.3 Å². The normalized spacial score (nSPS) is 13.5. The summed E-state index contributed by atoms with van der Waals surface area (Å²) in [5, 5.41) is 52.7. The molecule has 0 saturated heterocycles. The summed E-state index contributed by atoms with van der Waals surface area (Å²) in [6, 6.07) is 44.1. The highest BCUT2D eigenvalue weighted by Gasteiger charge is 2.41. The van der Waals surface area contributed by atoms with E-state index in [0.717, 1.165) is 61.3 Å². The molecule has 0 atom stereocenters. The molecule has 85 heavy (non-hydrogen) atoms. The number of nitrogens with one attached hydrogen (secondary N) is 1. The number of allylic oxidation sites excluding steroid dienone is 6. The van der Waals surface area contributed by atoms with Gasteiger partial charge in [-0.2, -0.15) is 0 Å². The molecule has 1 aliphatic carbocycles. The fourth-order valence-corrected chi connectivity index (χ4v) is 15.5. The molecule has 5 N–H and O–H groups in total. The molecular formula is C71H82B2N5O6Si+. The molecule has 14 heteroatoms. The van der Waals surface area contributed by atoms with Gasteiger partial charge in [0.05, 0.1) is 0 Å². The minimum atomic E-state index is -2.22. The van der Waals surface area contributed by atoms with Gasteiger partial charge < -0.3 is 30.3 Å². The highest BCUT2D eigenvalue weighted by atomic mass is 28.3. The van der Waals surface area contributed by atoms with Crippen LogP contribution in [0.2, 0.25) is 13.1 Å². The standard InChI is InChI=1S/C71H81B2N5O6Si/c1-47(2)67(79)30-18-19-38-77(43-51-22-12-16-28-65(51)72(81)82)46-64-58-25-15-14-24-57(58)63(45-78(39-21-37-74-71(80)48(3)4)44-52-23-13-17-29-66(52)73(83)84)59-34-31-50(40-62(59)64)55-26-20-27-56(49(55)5)70-60-35-32-53(75(6)7)41-68(60)85(10,11)69-42-54(76(8)9)33-36-61(69)70/h12-17,20,22-29,31-36,40-42,81-84H,1,3,18-19,21,30,37-39,43-46H2,2,4-11H3/p+1. The number of Topliss-reactive ketones (excluding diaryl/α,β-unsaturated/α-hetero) is 1. The van der Waals surface area contributed by atoms with Gasteiger partial charge in [0.1, 0.15) is 22.2 Å². The molecule has 0 fully saturated rings. The number of amides is 1. The number of nitrogens with zero attached hydrogens (tertiary/aromatic N) is 4. The average molecular weight is 1150 g/mol. The van der Waals surface area contributed by atoms with Crippen LogP contribution in [0.5, 0.6) is 0 Å². The lowest BCUT2D eigenvalue weighted by atomic mass is 9.77. The van der Waals surface area contributed by atoms with E-state index in [2.05, 4.69) is 183 Å². The van der Waals surface area contributed by atoms with Gasteiger partial charge in [-0.25, -0.2) is 4.58 Å². The van der Waals surface area contributed by atoms with Crippen LogP contribution >= 0.6 is 0 Å². The van der Waals surface area contributed by atoms with E-state index in [4.69, 9.17) is 0 Å². The Kier molecular flexibility index (Phi) is 19.6. The number of rotatable bonds is 24. The van der Waals surface area contributed by atoms with Crippen LogP contribution in [0.15, 0.2) is 181 Å². The largest absolute Gasteiger partial charge is 0.488 e. The molecule has 1 heterocycles. The second-order valence-corrected chi connectivity index (χ2v) is 28.4. The van der Waals surface area contributed by atoms with E-state index in [1.807, 2.05) is 36.4 Å². The Morgan fingerprint density at radius 2 is 1.20 bits per heavy atom. The molecule has 1 amide bonds. The van der Waals surface area contributed by atoms with Gasteiger partial charge in [-0.15, -0.1) is 0 Å². The molecule has 0 spiro atoms. The Hall–Kier alpha value is -7.52. The maximum absolute atomic E-state index is 12.8. The first-order chi connectivity index (χ1) is 40.6. The molecule has 9 rings (SSSR count). The van der Waals surface area contributed by atoms with Crippen LogP contribution in [0.4, 0.5) is 5.69 Å². The molecule has 436 valence electrons. The summed E-state index contributed by atoms with van der Waals surface area (Å²) in [4.78, 5) is 32.4. The van der Waals surface area contributed by atoms with Crippen molar-refractivity contribution in [2.45, 2.75) is 85.7 Å². The molecular weight excluding hydrogens is 1070 g/mol. The van der Waals surface area contributed by atoms with Crippen molar-refractivity contribution >= 4 is 88.6 Å². The van der Waals surface area contributed by atoms with Crippen molar-refractivity contribution in [3.05, 3.63) is 220 Å². The summed E-state index contributed by atoms with van der Waals surface area (Å²) in [5.74, 6) is -0.135. The Balaban J connectivity index is 1.25. The number of benzene rings is 7. The van der Waals surface area contributed by atoms with Crippen molar-refractivity contribution in [1.82, 2.24) is 15.1 Å². The second-order valence-electron chi connectivity index (χ2n) is 24.1. The SMILES string of the molecule is C=C(C)C(=O)CCCCN(Cc1ccccc1B(O)O)Cc1c2ccccc2c(CN(CCCNC(=O)C(=C)C)Cc2ccccc2B(O)O)c2ccc(-c3cccc(C4=C5C=CC(=[N+](C)C)C=C5[Si](C)(C)c5cc(N(C)C)ccc54)c3C)cc12. The smallest absolute Gasteiger partial charge is 0.423 e. The minimum Gasteiger partial charge on any atom is -0.423 e. The van der Waals surface area contributed by atoms with Crippen LogP contribution in [0.1, 0.15) is 78.5 Å². The van der Waals surface area contributed by atoms with E-state index in [0.29, 0.717) is 87.1 Å². The summed E-state index contributed by atoms with van der Waals surface area (Å²) in [6.07, 6.45) is 9.46. The van der Waals surface area contributed by atoms with E-state index in [-0.39, 0.29) is 11.7 Å². The van der Waals surface area contributed by atoms with Crippen LogP contribution in [-0.2, 0) is 35.8 Å². The Morgan fingerprint density at radius 1 is 0.624 bits per heavy atom. The second kappa shape index (κ2) is 26.8. The monoisotopic (exact) mass is 1150 g/mol. The number of anilines is 1. The Morgan fingerprint density at radius 3 is 1.79 bits per heavy atom. The highest BCUT2D eigenvalue weighted by Crippen LogP contribution is 2.45. The van der Waals surface area contributed by atoms with E-state index >= 15 is 0 Å². The molecule has 0 radical (unpaired) electrons. The van der Waals surface area contributed by atoms with Gasteiger partial charge in [0.2, 0.25) is 5.91 Å². The summed E-state index contributed by atoms with van der Waals surface area (Å²) in [7, 11) is 2.92. The first kappa shape index (κ1) is 62.0. The lowest BCUT2D eigenvalue weighted by Gasteiger charge is -2.38. The summed E-state index contributed by atoms with van der Waals surface area (Å²) >= 11 is 0. The van der Waals surface area contributed by atoms with Crippen molar-refractivity contribution in [1.29, 1.82) is 0 Å². The maximum Gasteiger partial charge on any atom is 0.488 e. The predicted molar refractivity (Wildman–Crippen MR) is 357 cm³/mol. The minimum absolute atomic E-state index is 0.0550. The van der Waals surface area contributed by atoms with Gasteiger partial charge in [-0.1, -0.05) is 135 Å². The fraction of sp³-hybridized carbons (Fsp3) is 0.282. The first-order valence-corrected chi connectivity index (χ1v) is 32.7. The van der Waals surface area contributed by atoms with Gasteiger partial charge in [0.25, 0.3) is 0 Å². The van der Waals surface area contributed by atoms with E-state index in [9.17, 15) is 29.7 Å². The molecule has 2 aliphatic rings. The van der Waals surface area contributed by atoms with Gasteiger partial charge in [-0.05, 0) is 180 Å². The Bertz CT molecular complexity index is 3870. The van der Waals surface area contributed by atoms with Crippen LogP contribution in [0.25, 0.3) is 38.2 Å². The fourth-order valence-electron chi connectivity index (χ4n) is 12.5. The quantitative estimate of drug-likeness (QED) is 0.0132. The third-order valence-corrected chi connectivity index (χ3v) is 20.8. The first-order valence-electron chi connectivity index (χ1n) is 29.7. The van der Waals surface area contributed by atoms with E-state index in [1.165, 1.54) is 49.6 Å². The zero-order valence-corrected chi connectivity index (χ0v) is 52.1. The molecule has 7 aromatic carbocycles. The lowest BCUT2D eigenvalue weighted by molar-refractivity contribution is -0.462. The third-order valence-electron chi connectivity index (χ3n) is 17.2. The van der Waals surface area contributed by atoms with Crippen molar-refractivity contribution in [3.63, 3.8) is 0 Å².